The Morgan fingerprint density at radius 3 is 2.45 bits per heavy atom. The molecule has 168 valence electrons. The molecule has 6 heteroatoms. The maximum Gasteiger partial charge on any atom is 0.223 e. The lowest BCUT2D eigenvalue weighted by Gasteiger charge is -2.31. The van der Waals surface area contributed by atoms with Crippen molar-refractivity contribution in [3.8, 4) is 0 Å². The van der Waals surface area contributed by atoms with Gasteiger partial charge in [0.2, 0.25) is 15.9 Å². The second-order valence-electron chi connectivity index (χ2n) is 8.67. The molecule has 1 saturated heterocycles. The van der Waals surface area contributed by atoms with E-state index >= 15 is 0 Å². The fraction of sp³-hybridized carbons (Fsp3) is 0.480. The number of carbonyl (C=O) groups is 1. The molecule has 1 atom stereocenters. The summed E-state index contributed by atoms with van der Waals surface area (Å²) in [5.41, 5.74) is 4.63. The van der Waals surface area contributed by atoms with Crippen molar-refractivity contribution in [1.29, 1.82) is 0 Å². The predicted molar refractivity (Wildman–Crippen MR) is 125 cm³/mol. The normalized spacial score (nSPS) is 16.7. The molecular formula is C25H34N2O3S. The van der Waals surface area contributed by atoms with Gasteiger partial charge < -0.3 is 5.32 Å². The molecule has 2 aromatic carbocycles. The van der Waals surface area contributed by atoms with Gasteiger partial charge in [0.15, 0.2) is 0 Å². The van der Waals surface area contributed by atoms with Gasteiger partial charge in [-0.05, 0) is 63.1 Å². The first-order chi connectivity index (χ1) is 14.8. The summed E-state index contributed by atoms with van der Waals surface area (Å²) >= 11 is 0. The molecule has 1 fully saturated rings. The molecule has 5 nitrogen and oxygen atoms in total. The van der Waals surface area contributed by atoms with E-state index in [2.05, 4.69) is 30.4 Å². The van der Waals surface area contributed by atoms with Crippen molar-refractivity contribution in [2.75, 3.05) is 18.8 Å². The molecule has 0 radical (unpaired) electrons. The van der Waals surface area contributed by atoms with Gasteiger partial charge in [-0.2, -0.15) is 0 Å². The molecule has 0 unspecified atom stereocenters. The highest BCUT2D eigenvalue weighted by Crippen LogP contribution is 2.23. The number of aryl methyl sites for hydroxylation is 3. The van der Waals surface area contributed by atoms with Crippen LogP contribution in [0.5, 0.6) is 0 Å². The number of amides is 1. The van der Waals surface area contributed by atoms with E-state index in [0.717, 1.165) is 23.1 Å². The highest BCUT2D eigenvalue weighted by molar-refractivity contribution is 7.89. The number of hydrogen-bond acceptors (Lipinski definition) is 3. The van der Waals surface area contributed by atoms with E-state index in [1.54, 1.807) is 4.31 Å². The molecule has 1 heterocycles. The fourth-order valence-electron chi connectivity index (χ4n) is 4.26. The monoisotopic (exact) mass is 442 g/mol. The van der Waals surface area contributed by atoms with Gasteiger partial charge >= 0.3 is 0 Å². The van der Waals surface area contributed by atoms with Crippen LogP contribution in [0.4, 0.5) is 0 Å². The summed E-state index contributed by atoms with van der Waals surface area (Å²) in [6.45, 7) is 6.95. The van der Waals surface area contributed by atoms with E-state index in [1.165, 1.54) is 5.56 Å². The highest BCUT2D eigenvalue weighted by Gasteiger charge is 2.31. The van der Waals surface area contributed by atoms with Crippen molar-refractivity contribution in [2.45, 2.75) is 52.5 Å². The Kier molecular flexibility index (Phi) is 7.89. The largest absolute Gasteiger partial charge is 0.349 e. The number of carbonyl (C=O) groups excluding carboxylic acids is 1. The van der Waals surface area contributed by atoms with Gasteiger partial charge in [-0.3, -0.25) is 4.79 Å². The molecule has 0 aliphatic carbocycles. The Morgan fingerprint density at radius 1 is 1.10 bits per heavy atom. The minimum absolute atomic E-state index is 0.0227. The molecule has 0 aromatic heterocycles. The Bertz CT molecular complexity index is 981. The van der Waals surface area contributed by atoms with Gasteiger partial charge in [0, 0.05) is 19.0 Å². The van der Waals surface area contributed by atoms with Crippen LogP contribution in [0.3, 0.4) is 0 Å². The van der Waals surface area contributed by atoms with Crippen LogP contribution in [0.25, 0.3) is 0 Å². The summed E-state index contributed by atoms with van der Waals surface area (Å²) in [6, 6.07) is 16.2. The maximum atomic E-state index is 12.8. The Morgan fingerprint density at radius 2 is 1.77 bits per heavy atom. The molecule has 1 aliphatic rings. The molecular weight excluding hydrogens is 408 g/mol. The van der Waals surface area contributed by atoms with Crippen molar-refractivity contribution < 1.29 is 13.2 Å². The molecule has 0 spiro atoms. The average molecular weight is 443 g/mol. The molecule has 1 aliphatic heterocycles. The van der Waals surface area contributed by atoms with Crippen molar-refractivity contribution >= 4 is 15.9 Å². The standard InChI is InChI=1S/C25H34N2O3S/c1-19-11-12-20(2)24(18-19)21(3)26-25(28)23-13-15-27(16-14-23)31(29,30)17-7-10-22-8-5-4-6-9-22/h4-6,8-9,11-12,18,21,23H,7,10,13-17H2,1-3H3,(H,26,28)/t21-/m0/s1. The molecule has 0 saturated carbocycles. The number of benzene rings is 2. The molecule has 1 N–H and O–H groups in total. The van der Waals surface area contributed by atoms with Crippen LogP contribution in [-0.2, 0) is 21.2 Å². The number of piperidine rings is 1. The summed E-state index contributed by atoms with van der Waals surface area (Å²) in [6.07, 6.45) is 2.52. The van der Waals surface area contributed by atoms with Crippen LogP contribution in [0, 0.1) is 19.8 Å². The second-order valence-corrected chi connectivity index (χ2v) is 10.8. The van der Waals surface area contributed by atoms with Gasteiger partial charge in [0.1, 0.15) is 0 Å². The SMILES string of the molecule is Cc1ccc(C)c([C@H](C)NC(=O)C2CCN(S(=O)(=O)CCCc3ccccc3)CC2)c1. The second kappa shape index (κ2) is 10.4. The summed E-state index contributed by atoms with van der Waals surface area (Å²) in [5, 5.41) is 3.13. The summed E-state index contributed by atoms with van der Waals surface area (Å²) in [4.78, 5) is 12.8. The molecule has 2 aromatic rings. The first-order valence-corrected chi connectivity index (χ1v) is 12.8. The van der Waals surface area contributed by atoms with Crippen LogP contribution in [0.1, 0.15) is 54.5 Å². The minimum Gasteiger partial charge on any atom is -0.349 e. The quantitative estimate of drug-likeness (QED) is 0.668. The zero-order valence-corrected chi connectivity index (χ0v) is 19.6. The van der Waals surface area contributed by atoms with Crippen LogP contribution in [0.15, 0.2) is 48.5 Å². The van der Waals surface area contributed by atoms with Gasteiger partial charge in [0.05, 0.1) is 11.8 Å². The van der Waals surface area contributed by atoms with Crippen LogP contribution >= 0.6 is 0 Å². The van der Waals surface area contributed by atoms with E-state index in [0.29, 0.717) is 32.4 Å². The zero-order valence-electron chi connectivity index (χ0n) is 18.8. The van der Waals surface area contributed by atoms with E-state index in [9.17, 15) is 13.2 Å². The third kappa shape index (κ3) is 6.40. The first-order valence-electron chi connectivity index (χ1n) is 11.2. The fourth-order valence-corrected chi connectivity index (χ4v) is 5.80. The zero-order chi connectivity index (χ0) is 22.4. The average Bonchev–Trinajstić information content (AvgIpc) is 2.76. The van der Waals surface area contributed by atoms with Gasteiger partial charge in [-0.15, -0.1) is 0 Å². The Hall–Kier alpha value is -2.18. The third-order valence-electron chi connectivity index (χ3n) is 6.19. The summed E-state index contributed by atoms with van der Waals surface area (Å²) in [5.74, 6) is 0.0421. The number of rotatable bonds is 8. The number of nitrogens with one attached hydrogen (secondary N) is 1. The lowest BCUT2D eigenvalue weighted by molar-refractivity contribution is -0.126. The van der Waals surface area contributed by atoms with Crippen molar-refractivity contribution in [3.63, 3.8) is 0 Å². The van der Waals surface area contributed by atoms with Crippen LogP contribution in [-0.4, -0.2) is 37.5 Å². The van der Waals surface area contributed by atoms with E-state index in [-0.39, 0.29) is 23.6 Å². The van der Waals surface area contributed by atoms with Crippen molar-refractivity contribution in [1.82, 2.24) is 9.62 Å². The number of sulfonamides is 1. The molecule has 31 heavy (non-hydrogen) atoms. The molecule has 1 amide bonds. The summed E-state index contributed by atoms with van der Waals surface area (Å²) in [7, 11) is -3.28. The van der Waals surface area contributed by atoms with Crippen molar-refractivity contribution in [3.05, 3.63) is 70.8 Å². The van der Waals surface area contributed by atoms with E-state index < -0.39 is 10.0 Å². The van der Waals surface area contributed by atoms with Gasteiger partial charge in [0.25, 0.3) is 0 Å². The lowest BCUT2D eigenvalue weighted by atomic mass is 9.95. The molecule has 3 rings (SSSR count). The third-order valence-corrected chi connectivity index (χ3v) is 8.15. The van der Waals surface area contributed by atoms with E-state index in [1.807, 2.05) is 44.2 Å². The van der Waals surface area contributed by atoms with E-state index in [4.69, 9.17) is 0 Å². The first kappa shape index (κ1) is 23.5. The Labute approximate surface area is 186 Å². The van der Waals surface area contributed by atoms with Gasteiger partial charge in [-0.25, -0.2) is 12.7 Å². The minimum atomic E-state index is -3.28. The number of hydrogen-bond donors (Lipinski definition) is 1. The lowest BCUT2D eigenvalue weighted by Crippen LogP contribution is -2.44. The van der Waals surface area contributed by atoms with Crippen molar-refractivity contribution in [2.24, 2.45) is 5.92 Å². The van der Waals surface area contributed by atoms with Crippen LogP contribution in [0.2, 0.25) is 0 Å². The topological polar surface area (TPSA) is 66.5 Å². The summed E-state index contributed by atoms with van der Waals surface area (Å²) < 4.78 is 27.0. The Balaban J connectivity index is 1.47. The smallest absolute Gasteiger partial charge is 0.223 e. The molecule has 0 bridgehead atoms. The maximum absolute atomic E-state index is 12.8. The highest BCUT2D eigenvalue weighted by atomic mass is 32.2. The predicted octanol–water partition coefficient (Wildman–Crippen LogP) is 4.16. The number of nitrogens with zero attached hydrogens (tertiary/aromatic N) is 1. The van der Waals surface area contributed by atoms with Gasteiger partial charge in [-0.1, -0.05) is 54.1 Å². The van der Waals surface area contributed by atoms with Crippen LogP contribution < -0.4 is 5.32 Å².